The highest BCUT2D eigenvalue weighted by molar-refractivity contribution is 5.94. The van der Waals surface area contributed by atoms with Crippen molar-refractivity contribution in [3.05, 3.63) is 70.8 Å². The van der Waals surface area contributed by atoms with Crippen molar-refractivity contribution in [2.24, 2.45) is 0 Å². The first kappa shape index (κ1) is 23.9. The zero-order chi connectivity index (χ0) is 23.2. The molecule has 0 bridgehead atoms. The molecular formula is C27H37N3O3. The Balaban J connectivity index is 1.27. The van der Waals surface area contributed by atoms with Crippen LogP contribution in [0.5, 0.6) is 0 Å². The second kappa shape index (κ2) is 11.3. The number of carbonyl (C=O) groups is 1. The summed E-state index contributed by atoms with van der Waals surface area (Å²) < 4.78 is 11.4. The van der Waals surface area contributed by atoms with E-state index < -0.39 is 0 Å². The van der Waals surface area contributed by atoms with E-state index in [1.807, 2.05) is 12.1 Å². The lowest BCUT2D eigenvalue weighted by molar-refractivity contribution is -0.0704. The van der Waals surface area contributed by atoms with Gasteiger partial charge >= 0.3 is 0 Å². The van der Waals surface area contributed by atoms with Crippen molar-refractivity contribution in [2.75, 3.05) is 32.8 Å². The van der Waals surface area contributed by atoms with E-state index in [1.54, 1.807) is 0 Å². The Morgan fingerprint density at radius 3 is 2.27 bits per heavy atom. The summed E-state index contributed by atoms with van der Waals surface area (Å²) in [5.74, 6) is -0.0393. The lowest BCUT2D eigenvalue weighted by atomic mass is 10.1. The number of benzene rings is 2. The molecule has 2 heterocycles. The van der Waals surface area contributed by atoms with E-state index in [1.165, 1.54) is 11.1 Å². The van der Waals surface area contributed by atoms with E-state index in [-0.39, 0.29) is 24.2 Å². The van der Waals surface area contributed by atoms with Gasteiger partial charge in [-0.05, 0) is 49.6 Å². The summed E-state index contributed by atoms with van der Waals surface area (Å²) in [6.45, 7) is 13.3. The molecule has 33 heavy (non-hydrogen) atoms. The first-order chi connectivity index (χ1) is 15.9. The van der Waals surface area contributed by atoms with Crippen LogP contribution in [-0.4, -0.2) is 66.8 Å². The fourth-order valence-electron chi connectivity index (χ4n) is 4.85. The van der Waals surface area contributed by atoms with Gasteiger partial charge in [-0.25, -0.2) is 0 Å². The fraction of sp³-hybridized carbons (Fsp3) is 0.519. The predicted octanol–water partition coefficient (Wildman–Crippen LogP) is 3.45. The minimum atomic E-state index is -0.0393. The molecule has 2 saturated heterocycles. The number of carbonyl (C=O) groups excluding carboxylic acids is 1. The summed E-state index contributed by atoms with van der Waals surface area (Å²) in [7, 11) is 0. The molecule has 0 aliphatic carbocycles. The average molecular weight is 452 g/mol. The molecule has 4 rings (SSSR count). The highest BCUT2D eigenvalue weighted by Crippen LogP contribution is 2.15. The van der Waals surface area contributed by atoms with E-state index in [9.17, 15) is 4.79 Å². The molecule has 6 nitrogen and oxygen atoms in total. The Kier molecular flexibility index (Phi) is 8.15. The van der Waals surface area contributed by atoms with Gasteiger partial charge in [0.25, 0.3) is 5.91 Å². The summed E-state index contributed by atoms with van der Waals surface area (Å²) in [6.07, 6.45) is 0.804. The van der Waals surface area contributed by atoms with Crippen molar-refractivity contribution in [3.8, 4) is 0 Å². The van der Waals surface area contributed by atoms with E-state index in [4.69, 9.17) is 9.47 Å². The molecule has 0 spiro atoms. The van der Waals surface area contributed by atoms with Crippen LogP contribution in [0.4, 0.5) is 0 Å². The van der Waals surface area contributed by atoms with Crippen LogP contribution in [-0.2, 0) is 29.1 Å². The maximum Gasteiger partial charge on any atom is 0.251 e. The van der Waals surface area contributed by atoms with Crippen molar-refractivity contribution in [1.29, 1.82) is 0 Å². The molecule has 1 N–H and O–H groups in total. The smallest absolute Gasteiger partial charge is 0.251 e. The summed E-state index contributed by atoms with van der Waals surface area (Å²) in [5, 5.41) is 3.07. The summed E-state index contributed by atoms with van der Waals surface area (Å²) in [5.41, 5.74) is 4.31. The van der Waals surface area contributed by atoms with Crippen molar-refractivity contribution in [1.82, 2.24) is 15.1 Å². The minimum absolute atomic E-state index is 0.0393. The van der Waals surface area contributed by atoms with E-state index >= 15 is 0 Å². The van der Waals surface area contributed by atoms with Gasteiger partial charge in [-0.15, -0.1) is 0 Å². The molecule has 2 fully saturated rings. The Morgan fingerprint density at radius 2 is 1.55 bits per heavy atom. The standard InChI is InChI=1S/C27H37N3O3/c1-20-15-29(11-12-32-20)19-25-6-4-5-24(13-25)14-28-27(31)26-9-7-23(8-10-26)18-30-16-21(2)33-22(3)17-30/h4-10,13,20-22H,11-12,14-19H2,1-3H3,(H,28,31). The number of hydrogen-bond donors (Lipinski definition) is 1. The highest BCUT2D eigenvalue weighted by atomic mass is 16.5. The number of rotatable bonds is 7. The van der Waals surface area contributed by atoms with Gasteiger partial charge in [-0.2, -0.15) is 0 Å². The van der Waals surface area contributed by atoms with Crippen LogP contribution in [0.1, 0.15) is 47.8 Å². The van der Waals surface area contributed by atoms with Crippen LogP contribution in [0.3, 0.4) is 0 Å². The minimum Gasteiger partial charge on any atom is -0.376 e. The topological polar surface area (TPSA) is 54.0 Å². The maximum absolute atomic E-state index is 12.7. The highest BCUT2D eigenvalue weighted by Gasteiger charge is 2.22. The van der Waals surface area contributed by atoms with Gasteiger partial charge in [0.1, 0.15) is 0 Å². The molecule has 0 aromatic heterocycles. The van der Waals surface area contributed by atoms with Crippen molar-refractivity contribution < 1.29 is 14.3 Å². The van der Waals surface area contributed by atoms with Crippen LogP contribution in [0, 0.1) is 0 Å². The zero-order valence-corrected chi connectivity index (χ0v) is 20.1. The first-order valence-corrected chi connectivity index (χ1v) is 12.1. The predicted molar refractivity (Wildman–Crippen MR) is 130 cm³/mol. The number of hydrogen-bond acceptors (Lipinski definition) is 5. The molecule has 2 aromatic rings. The van der Waals surface area contributed by atoms with Crippen LogP contribution in [0.15, 0.2) is 48.5 Å². The molecule has 178 valence electrons. The quantitative estimate of drug-likeness (QED) is 0.699. The molecule has 6 heteroatoms. The number of ether oxygens (including phenoxy) is 2. The molecular weight excluding hydrogens is 414 g/mol. The lowest BCUT2D eigenvalue weighted by Gasteiger charge is -2.35. The lowest BCUT2D eigenvalue weighted by Crippen LogP contribution is -2.44. The molecule has 2 aliphatic heterocycles. The summed E-state index contributed by atoms with van der Waals surface area (Å²) in [6, 6.07) is 16.4. The van der Waals surface area contributed by atoms with Crippen LogP contribution in [0.2, 0.25) is 0 Å². The third-order valence-electron chi connectivity index (χ3n) is 6.29. The molecule has 2 aromatic carbocycles. The number of nitrogens with one attached hydrogen (secondary N) is 1. The molecule has 2 aliphatic rings. The third kappa shape index (κ3) is 7.11. The summed E-state index contributed by atoms with van der Waals surface area (Å²) in [4.78, 5) is 17.5. The Hall–Kier alpha value is -2.25. The largest absolute Gasteiger partial charge is 0.376 e. The van der Waals surface area contributed by atoms with Gasteiger partial charge < -0.3 is 14.8 Å². The monoisotopic (exact) mass is 451 g/mol. The third-order valence-corrected chi connectivity index (χ3v) is 6.29. The molecule has 1 amide bonds. The van der Waals surface area contributed by atoms with E-state index in [2.05, 4.69) is 72.3 Å². The SMILES string of the molecule is CC1CN(Cc2cccc(CNC(=O)c3ccc(CN4CC(C)OC(C)C4)cc3)c2)CCO1. The molecule has 3 atom stereocenters. The zero-order valence-electron chi connectivity index (χ0n) is 20.1. The molecule has 3 unspecified atom stereocenters. The van der Waals surface area contributed by atoms with Gasteiger partial charge in [-0.3, -0.25) is 14.6 Å². The number of amides is 1. The molecule has 0 saturated carbocycles. The van der Waals surface area contributed by atoms with Gasteiger partial charge in [0.05, 0.1) is 24.9 Å². The van der Waals surface area contributed by atoms with E-state index in [0.717, 1.165) is 51.4 Å². The van der Waals surface area contributed by atoms with Crippen LogP contribution in [0.25, 0.3) is 0 Å². The van der Waals surface area contributed by atoms with E-state index in [0.29, 0.717) is 12.1 Å². The van der Waals surface area contributed by atoms with Gasteiger partial charge in [-0.1, -0.05) is 36.4 Å². The second-order valence-electron chi connectivity index (χ2n) is 9.57. The molecule has 0 radical (unpaired) electrons. The Labute approximate surface area is 197 Å². The number of nitrogens with zero attached hydrogens (tertiary/aromatic N) is 2. The number of morpholine rings is 2. The first-order valence-electron chi connectivity index (χ1n) is 12.1. The van der Waals surface area contributed by atoms with Crippen molar-refractivity contribution in [3.63, 3.8) is 0 Å². The normalized spacial score (nSPS) is 24.5. The van der Waals surface area contributed by atoms with Gasteiger partial charge in [0.15, 0.2) is 0 Å². The maximum atomic E-state index is 12.7. The Morgan fingerprint density at radius 1 is 0.879 bits per heavy atom. The van der Waals surface area contributed by atoms with Crippen LogP contribution < -0.4 is 5.32 Å². The van der Waals surface area contributed by atoms with Crippen LogP contribution >= 0.6 is 0 Å². The van der Waals surface area contributed by atoms with Gasteiger partial charge in [0.2, 0.25) is 0 Å². The average Bonchev–Trinajstić information content (AvgIpc) is 2.78. The Bertz CT molecular complexity index is 907. The van der Waals surface area contributed by atoms with Crippen molar-refractivity contribution >= 4 is 5.91 Å². The second-order valence-corrected chi connectivity index (χ2v) is 9.57. The van der Waals surface area contributed by atoms with Crippen molar-refractivity contribution in [2.45, 2.75) is 58.7 Å². The fourth-order valence-corrected chi connectivity index (χ4v) is 4.85. The summed E-state index contributed by atoms with van der Waals surface area (Å²) >= 11 is 0. The van der Waals surface area contributed by atoms with Gasteiger partial charge in [0, 0.05) is 51.4 Å².